The number of ether oxygens (including phenoxy) is 1. The van der Waals surface area contributed by atoms with Gasteiger partial charge in [-0.15, -0.1) is 0 Å². The first-order chi connectivity index (χ1) is 12.9. The van der Waals surface area contributed by atoms with Crippen LogP contribution in [0, 0.1) is 0 Å². The number of benzene rings is 2. The van der Waals surface area contributed by atoms with E-state index in [0.717, 1.165) is 5.56 Å². The molecule has 0 atom stereocenters. The van der Waals surface area contributed by atoms with Gasteiger partial charge in [-0.05, 0) is 53.7 Å². The number of carbonyl (C=O) groups excluding carboxylic acids is 1. The molecule has 0 bridgehead atoms. The molecule has 1 saturated heterocycles. The fraction of sp³-hybridized carbons (Fsp3) is 0.105. The molecule has 6 nitrogen and oxygen atoms in total. The van der Waals surface area contributed by atoms with Gasteiger partial charge in [-0.1, -0.05) is 23.7 Å². The van der Waals surface area contributed by atoms with E-state index in [9.17, 15) is 9.59 Å². The SMILES string of the molecule is COc1ccc(C=C2SC(=Nc3cccc(C(=O)O)c3)N(C)C2=O)cc1Cl. The molecule has 1 aliphatic rings. The van der Waals surface area contributed by atoms with Gasteiger partial charge in [0.1, 0.15) is 5.75 Å². The summed E-state index contributed by atoms with van der Waals surface area (Å²) in [6, 6.07) is 11.5. The molecule has 0 radical (unpaired) electrons. The van der Waals surface area contributed by atoms with Crippen LogP contribution in [0.25, 0.3) is 6.08 Å². The van der Waals surface area contributed by atoms with Crippen molar-refractivity contribution in [2.75, 3.05) is 14.2 Å². The summed E-state index contributed by atoms with van der Waals surface area (Å²) < 4.78 is 5.12. The van der Waals surface area contributed by atoms with Gasteiger partial charge in [0.2, 0.25) is 0 Å². The molecule has 3 rings (SSSR count). The number of amidine groups is 1. The van der Waals surface area contributed by atoms with Crippen LogP contribution in [0.1, 0.15) is 15.9 Å². The predicted octanol–water partition coefficient (Wildman–Crippen LogP) is 4.28. The molecule has 1 heterocycles. The maximum atomic E-state index is 12.5. The monoisotopic (exact) mass is 402 g/mol. The summed E-state index contributed by atoms with van der Waals surface area (Å²) in [4.78, 5) is 29.9. The maximum Gasteiger partial charge on any atom is 0.335 e. The van der Waals surface area contributed by atoms with Crippen molar-refractivity contribution in [2.45, 2.75) is 0 Å². The second-order valence-corrected chi connectivity index (χ2v) is 7.03. The van der Waals surface area contributed by atoms with E-state index in [4.69, 9.17) is 21.4 Å². The molecule has 138 valence electrons. The Bertz CT molecular complexity index is 987. The third-order valence-corrected chi connectivity index (χ3v) is 5.15. The molecule has 0 aliphatic carbocycles. The number of likely N-dealkylation sites (N-methyl/N-ethyl adjacent to an activating group) is 1. The third-order valence-electron chi connectivity index (χ3n) is 3.80. The standard InChI is InChI=1S/C19H15ClN2O4S/c1-22-17(23)16(9-11-6-7-15(26-2)14(20)8-11)27-19(22)21-13-5-3-4-12(10-13)18(24)25/h3-10H,1-2H3,(H,24,25). The number of nitrogens with zero attached hydrogens (tertiary/aromatic N) is 2. The van der Waals surface area contributed by atoms with Gasteiger partial charge < -0.3 is 9.84 Å². The normalized spacial score (nSPS) is 17.0. The number of carboxylic acids is 1. The zero-order valence-corrected chi connectivity index (χ0v) is 16.0. The van der Waals surface area contributed by atoms with Crippen LogP contribution in [0.15, 0.2) is 52.4 Å². The lowest BCUT2D eigenvalue weighted by atomic mass is 10.2. The fourth-order valence-corrected chi connectivity index (χ4v) is 3.65. The molecule has 2 aromatic rings. The summed E-state index contributed by atoms with van der Waals surface area (Å²) in [6.45, 7) is 0. The van der Waals surface area contributed by atoms with E-state index in [1.54, 1.807) is 43.5 Å². The van der Waals surface area contributed by atoms with Gasteiger partial charge in [0, 0.05) is 7.05 Å². The summed E-state index contributed by atoms with van der Waals surface area (Å²) in [5.74, 6) is -0.667. The van der Waals surface area contributed by atoms with Crippen molar-refractivity contribution in [3.8, 4) is 5.75 Å². The summed E-state index contributed by atoms with van der Waals surface area (Å²) in [6.07, 6.45) is 1.73. The van der Waals surface area contributed by atoms with Crippen LogP contribution in [-0.2, 0) is 4.79 Å². The van der Waals surface area contributed by atoms with E-state index in [1.807, 2.05) is 0 Å². The zero-order valence-electron chi connectivity index (χ0n) is 14.5. The Morgan fingerprint density at radius 1 is 1.30 bits per heavy atom. The zero-order chi connectivity index (χ0) is 19.6. The Kier molecular flexibility index (Phi) is 5.53. The Balaban J connectivity index is 1.89. The Labute approximate surface area is 165 Å². The molecule has 8 heteroatoms. The average molecular weight is 403 g/mol. The fourth-order valence-electron chi connectivity index (χ4n) is 2.39. The highest BCUT2D eigenvalue weighted by atomic mass is 35.5. The highest BCUT2D eigenvalue weighted by Crippen LogP contribution is 2.34. The molecule has 2 aromatic carbocycles. The molecule has 1 amide bonds. The second-order valence-electron chi connectivity index (χ2n) is 5.62. The number of methoxy groups -OCH3 is 1. The van der Waals surface area contributed by atoms with Crippen molar-refractivity contribution in [2.24, 2.45) is 4.99 Å². The summed E-state index contributed by atoms with van der Waals surface area (Å²) in [5.41, 5.74) is 1.36. The molecule has 1 fully saturated rings. The van der Waals surface area contributed by atoms with Gasteiger partial charge in [0.15, 0.2) is 5.17 Å². The highest BCUT2D eigenvalue weighted by Gasteiger charge is 2.30. The molecule has 1 aliphatic heterocycles. The number of aliphatic imine (C=N–C) groups is 1. The van der Waals surface area contributed by atoms with E-state index in [1.165, 1.54) is 35.9 Å². The number of rotatable bonds is 4. The lowest BCUT2D eigenvalue weighted by Crippen LogP contribution is -2.23. The largest absolute Gasteiger partial charge is 0.495 e. The van der Waals surface area contributed by atoms with Crippen LogP contribution >= 0.6 is 23.4 Å². The second kappa shape index (κ2) is 7.85. The quantitative estimate of drug-likeness (QED) is 0.772. The number of carbonyl (C=O) groups is 2. The number of carboxylic acid groups (broad SMARTS) is 1. The van der Waals surface area contributed by atoms with Gasteiger partial charge in [-0.3, -0.25) is 9.69 Å². The van der Waals surface area contributed by atoms with Crippen molar-refractivity contribution >= 4 is 52.2 Å². The minimum absolute atomic E-state index is 0.137. The Hall–Kier alpha value is -2.77. The summed E-state index contributed by atoms with van der Waals surface area (Å²) in [7, 11) is 3.16. The Morgan fingerprint density at radius 2 is 2.07 bits per heavy atom. The number of aromatic carboxylic acids is 1. The van der Waals surface area contributed by atoms with Gasteiger partial charge >= 0.3 is 5.97 Å². The number of hydrogen-bond acceptors (Lipinski definition) is 5. The van der Waals surface area contributed by atoms with Crippen LogP contribution in [0.3, 0.4) is 0 Å². The number of amides is 1. The Morgan fingerprint density at radius 3 is 2.74 bits per heavy atom. The minimum atomic E-state index is -1.03. The van der Waals surface area contributed by atoms with Gasteiger partial charge in [0.25, 0.3) is 5.91 Å². The first-order valence-electron chi connectivity index (χ1n) is 7.82. The summed E-state index contributed by atoms with van der Waals surface area (Å²) in [5, 5.41) is 10.0. The van der Waals surface area contributed by atoms with E-state index in [2.05, 4.69) is 4.99 Å². The van der Waals surface area contributed by atoms with Crippen molar-refractivity contribution in [1.82, 2.24) is 4.90 Å². The molecule has 1 N–H and O–H groups in total. The van der Waals surface area contributed by atoms with E-state index in [-0.39, 0.29) is 11.5 Å². The van der Waals surface area contributed by atoms with Gasteiger partial charge in [0.05, 0.1) is 28.3 Å². The van der Waals surface area contributed by atoms with Crippen LogP contribution in [0.2, 0.25) is 5.02 Å². The smallest absolute Gasteiger partial charge is 0.335 e. The van der Waals surface area contributed by atoms with Crippen molar-refractivity contribution in [3.05, 3.63) is 63.5 Å². The molecule has 0 spiro atoms. The third kappa shape index (κ3) is 4.15. The summed E-state index contributed by atoms with van der Waals surface area (Å²) >= 11 is 7.34. The number of hydrogen-bond donors (Lipinski definition) is 1. The number of thioether (sulfide) groups is 1. The molecular formula is C19H15ClN2O4S. The predicted molar refractivity (Wildman–Crippen MR) is 107 cm³/mol. The first-order valence-corrected chi connectivity index (χ1v) is 9.01. The van der Waals surface area contributed by atoms with Crippen LogP contribution < -0.4 is 4.74 Å². The topological polar surface area (TPSA) is 79.2 Å². The lowest BCUT2D eigenvalue weighted by molar-refractivity contribution is -0.121. The highest BCUT2D eigenvalue weighted by molar-refractivity contribution is 8.18. The lowest BCUT2D eigenvalue weighted by Gasteiger charge is -2.07. The minimum Gasteiger partial charge on any atom is -0.495 e. The van der Waals surface area contributed by atoms with Crippen LogP contribution in [0.4, 0.5) is 5.69 Å². The van der Waals surface area contributed by atoms with E-state index < -0.39 is 5.97 Å². The molecular weight excluding hydrogens is 388 g/mol. The van der Waals surface area contributed by atoms with Crippen molar-refractivity contribution < 1.29 is 19.4 Å². The van der Waals surface area contributed by atoms with E-state index >= 15 is 0 Å². The maximum absolute atomic E-state index is 12.5. The first kappa shape index (κ1) is 19.0. The van der Waals surface area contributed by atoms with E-state index in [0.29, 0.717) is 26.5 Å². The molecule has 27 heavy (non-hydrogen) atoms. The molecule has 0 saturated carbocycles. The van der Waals surface area contributed by atoms with Gasteiger partial charge in [-0.2, -0.15) is 0 Å². The van der Waals surface area contributed by atoms with Gasteiger partial charge in [-0.25, -0.2) is 9.79 Å². The van der Waals surface area contributed by atoms with Crippen LogP contribution in [-0.4, -0.2) is 41.2 Å². The van der Waals surface area contributed by atoms with Crippen molar-refractivity contribution in [3.63, 3.8) is 0 Å². The average Bonchev–Trinajstić information content (AvgIpc) is 2.90. The molecule has 0 aromatic heterocycles. The molecule has 0 unspecified atom stereocenters. The van der Waals surface area contributed by atoms with Crippen molar-refractivity contribution in [1.29, 1.82) is 0 Å². The van der Waals surface area contributed by atoms with Crippen LogP contribution in [0.5, 0.6) is 5.75 Å². The number of halogens is 1.